The zero-order valence-electron chi connectivity index (χ0n) is 17.2. The van der Waals surface area contributed by atoms with Gasteiger partial charge in [0.25, 0.3) is 5.56 Å². The van der Waals surface area contributed by atoms with Crippen LogP contribution in [0.25, 0.3) is 16.7 Å². The van der Waals surface area contributed by atoms with E-state index < -0.39 is 0 Å². The predicted molar refractivity (Wildman–Crippen MR) is 118 cm³/mol. The summed E-state index contributed by atoms with van der Waals surface area (Å²) in [5.74, 6) is -0.337. The van der Waals surface area contributed by atoms with Crippen molar-refractivity contribution >= 4 is 28.4 Å². The molecule has 156 valence electrons. The normalized spacial score (nSPS) is 10.9. The molecule has 0 saturated heterocycles. The number of aryl methyl sites for hydroxylation is 2. The molecule has 8 heteroatoms. The Balaban J connectivity index is 1.49. The molecular weight excluding hydrogens is 394 g/mol. The van der Waals surface area contributed by atoms with Gasteiger partial charge in [0.05, 0.1) is 18.2 Å². The van der Waals surface area contributed by atoms with Crippen molar-refractivity contribution in [2.45, 2.75) is 26.8 Å². The average Bonchev–Trinajstić information content (AvgIpc) is 3.19. The number of fused-ring (bicyclic) bond motifs is 1. The van der Waals surface area contributed by atoms with Gasteiger partial charge in [-0.25, -0.2) is 9.67 Å². The van der Waals surface area contributed by atoms with E-state index in [1.165, 1.54) is 24.0 Å². The molecule has 4 rings (SSSR count). The first-order valence-corrected chi connectivity index (χ1v) is 9.83. The highest BCUT2D eigenvalue weighted by molar-refractivity contribution is 5.97. The van der Waals surface area contributed by atoms with Crippen molar-refractivity contribution in [2.24, 2.45) is 0 Å². The Hall–Kier alpha value is -4.07. The van der Waals surface area contributed by atoms with Crippen LogP contribution in [0.1, 0.15) is 29.3 Å². The zero-order valence-corrected chi connectivity index (χ0v) is 17.2. The highest BCUT2D eigenvalue weighted by Crippen LogP contribution is 2.15. The lowest BCUT2D eigenvalue weighted by Gasteiger charge is -2.08. The molecule has 0 unspecified atom stereocenters. The monoisotopic (exact) mass is 415 g/mol. The first kappa shape index (κ1) is 20.2. The van der Waals surface area contributed by atoms with E-state index >= 15 is 0 Å². The summed E-state index contributed by atoms with van der Waals surface area (Å²) in [5.41, 5.74) is 3.22. The minimum Gasteiger partial charge on any atom is -0.326 e. The van der Waals surface area contributed by atoms with Crippen molar-refractivity contribution in [1.82, 2.24) is 19.3 Å². The fourth-order valence-corrected chi connectivity index (χ4v) is 3.24. The SMILES string of the molecule is CC(=O)c1cccc(NC(=O)CCn2cnc3c(cnn3-c3ccc(C)cc3)c2=O)c1. The molecule has 0 fully saturated rings. The van der Waals surface area contributed by atoms with Gasteiger partial charge in [-0.3, -0.25) is 19.0 Å². The number of carbonyl (C=O) groups is 2. The Morgan fingerprint density at radius 3 is 2.61 bits per heavy atom. The van der Waals surface area contributed by atoms with E-state index in [1.54, 1.807) is 28.9 Å². The van der Waals surface area contributed by atoms with Gasteiger partial charge in [0.15, 0.2) is 11.4 Å². The molecule has 31 heavy (non-hydrogen) atoms. The van der Waals surface area contributed by atoms with Crippen LogP contribution in [-0.4, -0.2) is 31.0 Å². The molecular formula is C23H21N5O3. The van der Waals surface area contributed by atoms with E-state index in [0.717, 1.165) is 11.3 Å². The predicted octanol–water partition coefficient (Wildman–Crippen LogP) is 3.12. The molecule has 0 aliphatic rings. The van der Waals surface area contributed by atoms with E-state index in [1.807, 2.05) is 31.2 Å². The van der Waals surface area contributed by atoms with Crippen molar-refractivity contribution in [3.8, 4) is 5.69 Å². The van der Waals surface area contributed by atoms with Gasteiger partial charge in [-0.2, -0.15) is 5.10 Å². The van der Waals surface area contributed by atoms with Crippen LogP contribution >= 0.6 is 0 Å². The number of aromatic nitrogens is 4. The van der Waals surface area contributed by atoms with Crippen LogP contribution in [0.5, 0.6) is 0 Å². The minimum atomic E-state index is -0.261. The van der Waals surface area contributed by atoms with Crippen LogP contribution in [-0.2, 0) is 11.3 Å². The lowest BCUT2D eigenvalue weighted by Crippen LogP contribution is -2.23. The Morgan fingerprint density at radius 2 is 1.87 bits per heavy atom. The maximum Gasteiger partial charge on any atom is 0.264 e. The smallest absolute Gasteiger partial charge is 0.264 e. The highest BCUT2D eigenvalue weighted by Gasteiger charge is 2.12. The Bertz CT molecular complexity index is 1340. The van der Waals surface area contributed by atoms with Gasteiger partial charge >= 0.3 is 0 Å². The second kappa shape index (κ2) is 8.35. The Morgan fingerprint density at radius 1 is 1.10 bits per heavy atom. The van der Waals surface area contributed by atoms with Crippen molar-refractivity contribution in [3.05, 3.63) is 82.5 Å². The second-order valence-corrected chi connectivity index (χ2v) is 7.31. The number of nitrogens with one attached hydrogen (secondary N) is 1. The molecule has 0 saturated carbocycles. The number of nitrogens with zero attached hydrogens (tertiary/aromatic N) is 4. The zero-order chi connectivity index (χ0) is 22.0. The summed E-state index contributed by atoms with van der Waals surface area (Å²) in [6.07, 6.45) is 3.01. The molecule has 2 aromatic carbocycles. The molecule has 0 spiro atoms. The van der Waals surface area contributed by atoms with E-state index in [4.69, 9.17) is 0 Å². The Kier molecular flexibility index (Phi) is 5.44. The summed E-state index contributed by atoms with van der Waals surface area (Å²) in [7, 11) is 0. The summed E-state index contributed by atoms with van der Waals surface area (Å²) in [6, 6.07) is 14.5. The minimum absolute atomic E-state index is 0.0757. The number of hydrogen-bond donors (Lipinski definition) is 1. The summed E-state index contributed by atoms with van der Waals surface area (Å²) >= 11 is 0. The average molecular weight is 415 g/mol. The number of hydrogen-bond acceptors (Lipinski definition) is 5. The topological polar surface area (TPSA) is 98.9 Å². The van der Waals surface area contributed by atoms with Gasteiger partial charge in [0.1, 0.15) is 5.39 Å². The number of anilines is 1. The van der Waals surface area contributed by atoms with E-state index in [-0.39, 0.29) is 30.2 Å². The van der Waals surface area contributed by atoms with Gasteiger partial charge in [-0.1, -0.05) is 29.8 Å². The first-order valence-electron chi connectivity index (χ1n) is 9.83. The van der Waals surface area contributed by atoms with E-state index in [9.17, 15) is 14.4 Å². The van der Waals surface area contributed by atoms with Crippen molar-refractivity contribution in [1.29, 1.82) is 0 Å². The molecule has 0 aliphatic carbocycles. The van der Waals surface area contributed by atoms with Crippen molar-refractivity contribution in [3.63, 3.8) is 0 Å². The number of ketones is 1. The van der Waals surface area contributed by atoms with Crippen LogP contribution in [0.4, 0.5) is 5.69 Å². The summed E-state index contributed by atoms with van der Waals surface area (Å²) < 4.78 is 3.02. The van der Waals surface area contributed by atoms with Crippen LogP contribution < -0.4 is 10.9 Å². The fourth-order valence-electron chi connectivity index (χ4n) is 3.24. The second-order valence-electron chi connectivity index (χ2n) is 7.31. The number of benzene rings is 2. The first-order chi connectivity index (χ1) is 14.9. The van der Waals surface area contributed by atoms with Crippen LogP contribution in [0.15, 0.2) is 65.8 Å². The largest absolute Gasteiger partial charge is 0.326 e. The summed E-state index contributed by atoms with van der Waals surface area (Å²) in [5, 5.41) is 7.44. The molecule has 0 radical (unpaired) electrons. The number of carbonyl (C=O) groups excluding carboxylic acids is 2. The van der Waals surface area contributed by atoms with Crippen LogP contribution in [0, 0.1) is 6.92 Å². The third-order valence-electron chi connectivity index (χ3n) is 4.97. The van der Waals surface area contributed by atoms with Crippen molar-refractivity contribution < 1.29 is 9.59 Å². The molecule has 2 heterocycles. The quantitative estimate of drug-likeness (QED) is 0.488. The molecule has 1 amide bonds. The molecule has 8 nitrogen and oxygen atoms in total. The van der Waals surface area contributed by atoms with E-state index in [0.29, 0.717) is 22.3 Å². The highest BCUT2D eigenvalue weighted by atomic mass is 16.2. The Labute approximate surface area is 178 Å². The van der Waals surface area contributed by atoms with Gasteiger partial charge in [0.2, 0.25) is 5.91 Å². The van der Waals surface area contributed by atoms with Gasteiger partial charge < -0.3 is 5.32 Å². The fraction of sp³-hybridized carbons (Fsp3) is 0.174. The van der Waals surface area contributed by atoms with E-state index in [2.05, 4.69) is 15.4 Å². The number of amides is 1. The van der Waals surface area contributed by atoms with Crippen LogP contribution in [0.3, 0.4) is 0 Å². The number of Topliss-reactive ketones (excluding diaryl/α,β-unsaturated/α-hetero) is 1. The molecule has 0 aliphatic heterocycles. The van der Waals surface area contributed by atoms with Crippen molar-refractivity contribution in [2.75, 3.05) is 5.32 Å². The maximum absolute atomic E-state index is 12.8. The lowest BCUT2D eigenvalue weighted by atomic mass is 10.1. The molecule has 0 atom stereocenters. The van der Waals surface area contributed by atoms with Gasteiger partial charge in [0, 0.05) is 24.2 Å². The molecule has 1 N–H and O–H groups in total. The lowest BCUT2D eigenvalue weighted by molar-refractivity contribution is -0.116. The molecule has 2 aromatic heterocycles. The summed E-state index contributed by atoms with van der Waals surface area (Å²) in [4.78, 5) is 41.0. The van der Waals surface area contributed by atoms with Crippen LogP contribution in [0.2, 0.25) is 0 Å². The standard InChI is InChI=1S/C23H21N5O3/c1-15-6-8-19(9-7-15)28-22-20(13-25-28)23(31)27(14-24-22)11-10-21(30)26-18-5-3-4-17(12-18)16(2)29/h3-9,12-14H,10-11H2,1-2H3,(H,26,30). The van der Waals surface area contributed by atoms with Gasteiger partial charge in [-0.05, 0) is 38.1 Å². The summed E-state index contributed by atoms with van der Waals surface area (Å²) in [6.45, 7) is 3.64. The molecule has 0 bridgehead atoms. The third-order valence-corrected chi connectivity index (χ3v) is 4.97. The van der Waals surface area contributed by atoms with Gasteiger partial charge in [-0.15, -0.1) is 0 Å². The molecule has 4 aromatic rings. The maximum atomic E-state index is 12.8. The third kappa shape index (κ3) is 4.28. The number of rotatable bonds is 6.